The number of aliphatic hydroxyl groups is 3. The molecule has 14 nitrogen and oxygen atoms in total. The maximum absolute atomic E-state index is 12.9. The van der Waals surface area contributed by atoms with Crippen LogP contribution in [0.4, 0.5) is 5.13 Å². The average molecular weight is 541 g/mol. The molecule has 2 aromatic rings. The number of carbonyl (C=O) groups is 1. The van der Waals surface area contributed by atoms with E-state index in [1.807, 2.05) is 0 Å². The van der Waals surface area contributed by atoms with Crippen LogP contribution >= 0.6 is 30.8 Å². The van der Waals surface area contributed by atoms with Gasteiger partial charge >= 0.3 is 7.82 Å². The van der Waals surface area contributed by atoms with Crippen LogP contribution in [0.1, 0.15) is 41.6 Å². The first kappa shape index (κ1) is 26.9. The first-order chi connectivity index (χ1) is 15.9. The smallest absolute Gasteiger partial charge is 0.393 e. The summed E-state index contributed by atoms with van der Waals surface area (Å²) in [4.78, 5) is 36.6. The quantitative estimate of drug-likeness (QED) is 0.225. The number of piperidine rings is 1. The molecule has 1 fully saturated rings. The van der Waals surface area contributed by atoms with Crippen molar-refractivity contribution >= 4 is 41.8 Å². The molecule has 3 heterocycles. The number of aliphatic hydroxyl groups excluding tert-OH is 2. The highest BCUT2D eigenvalue weighted by Crippen LogP contribution is 2.37. The van der Waals surface area contributed by atoms with E-state index in [0.29, 0.717) is 30.2 Å². The fourth-order valence-corrected chi connectivity index (χ4v) is 4.87. The van der Waals surface area contributed by atoms with Crippen molar-refractivity contribution in [3.05, 3.63) is 21.7 Å². The lowest BCUT2D eigenvalue weighted by atomic mass is 10.0. The Morgan fingerprint density at radius 1 is 1.41 bits per heavy atom. The van der Waals surface area contributed by atoms with Crippen LogP contribution in [-0.2, 0) is 27.8 Å². The zero-order chi connectivity index (χ0) is 25.3. The molecule has 190 valence electrons. The number of phosphoric ester groups is 1. The van der Waals surface area contributed by atoms with Gasteiger partial charge < -0.3 is 35.3 Å². The third-order valence-corrected chi connectivity index (χ3v) is 7.26. The fraction of sp³-hybridized carbons (Fsp3) is 0.647. The van der Waals surface area contributed by atoms with Crippen molar-refractivity contribution < 1.29 is 39.0 Å². The number of nitrogens with zero attached hydrogens (tertiary/aromatic N) is 5. The Morgan fingerprint density at radius 2 is 2.12 bits per heavy atom. The molecular formula is C17H26ClN6O8PS. The lowest BCUT2D eigenvalue weighted by molar-refractivity contribution is -0.00295. The number of anilines is 1. The normalized spacial score (nSPS) is 20.9. The summed E-state index contributed by atoms with van der Waals surface area (Å²) in [6, 6.07) is -0.645. The third-order valence-electron chi connectivity index (χ3n) is 5.27. The number of hydrogen-bond donors (Lipinski definition) is 6. The van der Waals surface area contributed by atoms with E-state index in [-0.39, 0.29) is 22.5 Å². The molecule has 1 aliphatic rings. The zero-order valence-corrected chi connectivity index (χ0v) is 20.8. The average Bonchev–Trinajstić information content (AvgIpc) is 3.38. The van der Waals surface area contributed by atoms with E-state index < -0.39 is 44.8 Å². The van der Waals surface area contributed by atoms with Gasteiger partial charge in [0, 0.05) is 13.1 Å². The Balaban J connectivity index is 1.69. The van der Waals surface area contributed by atoms with Gasteiger partial charge in [0.2, 0.25) is 11.0 Å². The zero-order valence-electron chi connectivity index (χ0n) is 18.3. The van der Waals surface area contributed by atoms with Crippen LogP contribution in [-0.4, -0.2) is 82.6 Å². The number of aromatic nitrogens is 4. The van der Waals surface area contributed by atoms with Crippen molar-refractivity contribution in [1.29, 1.82) is 0 Å². The number of rotatable bonds is 9. The van der Waals surface area contributed by atoms with E-state index in [0.717, 1.165) is 11.3 Å². The maximum atomic E-state index is 12.9. The topological polar surface area (TPSA) is 203 Å². The molecule has 0 aliphatic carbocycles. The van der Waals surface area contributed by atoms with Gasteiger partial charge in [0.05, 0.1) is 24.4 Å². The van der Waals surface area contributed by atoms with Gasteiger partial charge in [0.15, 0.2) is 10.2 Å². The lowest BCUT2D eigenvalue weighted by Crippen LogP contribution is -2.54. The first-order valence-corrected chi connectivity index (χ1v) is 12.9. The molecule has 0 spiro atoms. The predicted molar refractivity (Wildman–Crippen MR) is 120 cm³/mol. The van der Waals surface area contributed by atoms with E-state index in [1.54, 1.807) is 11.8 Å². The highest BCUT2D eigenvalue weighted by Gasteiger charge is 2.34. The summed E-state index contributed by atoms with van der Waals surface area (Å²) < 4.78 is 16.8. The number of halogens is 1. The predicted octanol–water partition coefficient (Wildman–Crippen LogP) is -0.413. The van der Waals surface area contributed by atoms with Gasteiger partial charge in [-0.2, -0.15) is 0 Å². The van der Waals surface area contributed by atoms with Crippen LogP contribution < -0.4 is 10.2 Å². The van der Waals surface area contributed by atoms with E-state index in [4.69, 9.17) is 21.4 Å². The minimum Gasteiger partial charge on any atom is -0.393 e. The largest absolute Gasteiger partial charge is 0.471 e. The van der Waals surface area contributed by atoms with Crippen LogP contribution in [0.3, 0.4) is 0 Å². The summed E-state index contributed by atoms with van der Waals surface area (Å²) in [5, 5.41) is 41.3. The molecule has 0 unspecified atom stereocenters. The second kappa shape index (κ2) is 10.5. The van der Waals surface area contributed by atoms with E-state index in [9.17, 15) is 24.7 Å². The first-order valence-electron chi connectivity index (χ1n) is 10.2. The van der Waals surface area contributed by atoms with Crippen LogP contribution in [0.25, 0.3) is 0 Å². The molecule has 0 radical (unpaired) electrons. The van der Waals surface area contributed by atoms with Crippen molar-refractivity contribution in [3.63, 3.8) is 0 Å². The number of carbonyl (C=O) groups excluding carboxylic acids is 1. The lowest BCUT2D eigenvalue weighted by Gasteiger charge is -2.35. The molecule has 0 saturated carbocycles. The Hall–Kier alpha value is -1.68. The number of β-amino-alcohol motifs (C(OH)–C–C–N with tert-alkyl or cyclic N) is 1. The number of imidazole rings is 1. The number of amides is 1. The molecule has 34 heavy (non-hydrogen) atoms. The number of phosphoric acid groups is 1. The van der Waals surface area contributed by atoms with Gasteiger partial charge in [-0.1, -0.05) is 29.9 Å². The molecule has 0 aromatic carbocycles. The van der Waals surface area contributed by atoms with Gasteiger partial charge in [0.1, 0.15) is 12.3 Å². The molecule has 1 amide bonds. The minimum absolute atomic E-state index is 0.00293. The molecule has 3 rings (SSSR count). The summed E-state index contributed by atoms with van der Waals surface area (Å²) in [5.41, 5.74) is -1.16. The molecular weight excluding hydrogens is 515 g/mol. The third kappa shape index (κ3) is 6.11. The van der Waals surface area contributed by atoms with Crippen molar-refractivity contribution in [2.45, 2.75) is 51.2 Å². The fourth-order valence-electron chi connectivity index (χ4n) is 3.37. The van der Waals surface area contributed by atoms with E-state index in [1.165, 1.54) is 11.5 Å². The Bertz CT molecular complexity index is 1070. The van der Waals surface area contributed by atoms with Crippen LogP contribution in [0.15, 0.2) is 0 Å². The van der Waals surface area contributed by atoms with Gasteiger partial charge in [-0.25, -0.2) is 9.55 Å². The summed E-state index contributed by atoms with van der Waals surface area (Å²) in [6.07, 6.45) is -0.316. The molecule has 6 N–H and O–H groups in total. The second-order valence-corrected chi connectivity index (χ2v) is 10.5. The van der Waals surface area contributed by atoms with Crippen molar-refractivity contribution in [3.8, 4) is 0 Å². The SMILES string of the molecule is CCc1c(Cl)nc(C(=O)N[C@@H]2CCN(c3nnc([C@](C)(O)CO)s3)C[C@@H]2O)n1COP(=O)(O)O. The van der Waals surface area contributed by atoms with E-state index >= 15 is 0 Å². The molecule has 1 saturated heterocycles. The molecule has 3 atom stereocenters. The summed E-state index contributed by atoms with van der Waals surface area (Å²) in [6.45, 7) is 2.53. The van der Waals surface area contributed by atoms with Gasteiger partial charge in [-0.3, -0.25) is 13.9 Å². The number of hydrogen-bond acceptors (Lipinski definition) is 11. The van der Waals surface area contributed by atoms with Crippen LogP contribution in [0.5, 0.6) is 0 Å². The molecule has 2 aromatic heterocycles. The summed E-state index contributed by atoms with van der Waals surface area (Å²) >= 11 is 7.18. The van der Waals surface area contributed by atoms with E-state index in [2.05, 4.69) is 25.0 Å². The molecule has 1 aliphatic heterocycles. The Kier molecular flexibility index (Phi) is 8.33. The number of nitrogens with one attached hydrogen (secondary N) is 1. The summed E-state index contributed by atoms with van der Waals surface area (Å²) in [5.74, 6) is -0.893. The highest BCUT2D eigenvalue weighted by molar-refractivity contribution is 7.46. The standard InChI is InChI=1S/C17H26ClN6O8PS/c1-3-10-12(18)20-13(24(10)8-32-33(29,30)31)14(27)19-9-4-5-23(6-11(9)26)16-22-21-15(34-16)17(2,28)7-25/h9,11,25-26,28H,3-8H2,1-2H3,(H,19,27)(H2,29,30,31)/t9-,11+,17-/m1/s1. The van der Waals surface area contributed by atoms with Crippen molar-refractivity contribution in [1.82, 2.24) is 25.1 Å². The monoisotopic (exact) mass is 540 g/mol. The van der Waals surface area contributed by atoms with Gasteiger partial charge in [0.25, 0.3) is 5.91 Å². The summed E-state index contributed by atoms with van der Waals surface area (Å²) in [7, 11) is -4.80. The molecule has 0 bridgehead atoms. The van der Waals surface area contributed by atoms with Crippen LogP contribution in [0.2, 0.25) is 5.15 Å². The highest BCUT2D eigenvalue weighted by atomic mass is 35.5. The minimum atomic E-state index is -4.80. The van der Waals surface area contributed by atoms with Crippen molar-refractivity contribution in [2.24, 2.45) is 0 Å². The van der Waals surface area contributed by atoms with Crippen LogP contribution in [0, 0.1) is 0 Å². The second-order valence-electron chi connectivity index (χ2n) is 7.91. The van der Waals surface area contributed by atoms with Crippen molar-refractivity contribution in [2.75, 3.05) is 24.6 Å². The van der Waals surface area contributed by atoms with Gasteiger partial charge in [-0.05, 0) is 19.8 Å². The maximum Gasteiger partial charge on any atom is 0.471 e. The van der Waals surface area contributed by atoms with Gasteiger partial charge in [-0.15, -0.1) is 10.2 Å². The molecule has 17 heteroatoms. The Morgan fingerprint density at radius 3 is 2.71 bits per heavy atom. The Labute approximate surface area is 203 Å².